The van der Waals surface area contributed by atoms with E-state index < -0.39 is 0 Å². The Morgan fingerprint density at radius 3 is 1.65 bits per heavy atom. The summed E-state index contributed by atoms with van der Waals surface area (Å²) in [6.07, 6.45) is 13.2. The second-order valence-corrected chi connectivity index (χ2v) is 9.07. The summed E-state index contributed by atoms with van der Waals surface area (Å²) in [6.45, 7) is 2.28. The lowest BCUT2D eigenvalue weighted by Gasteiger charge is -2.37. The molecule has 0 amide bonds. The average molecular weight is 365 g/mol. The van der Waals surface area contributed by atoms with Crippen LogP contribution >= 0.6 is 0 Å². The Hall–Kier alpha value is -1.06. The van der Waals surface area contributed by atoms with E-state index in [4.69, 9.17) is 9.47 Å². The van der Waals surface area contributed by atoms with Gasteiger partial charge in [0, 0.05) is 0 Å². The molecular formula is C22H36O4. The van der Waals surface area contributed by atoms with Gasteiger partial charge >= 0.3 is 11.9 Å². The first-order chi connectivity index (χ1) is 12.6. The number of carbonyl (C=O) groups is 2. The molecule has 4 nitrogen and oxygen atoms in total. The zero-order chi connectivity index (χ0) is 18.5. The van der Waals surface area contributed by atoms with Crippen molar-refractivity contribution < 1.29 is 19.1 Å². The molecule has 3 rings (SSSR count). The summed E-state index contributed by atoms with van der Waals surface area (Å²) in [7, 11) is 1.49. The fourth-order valence-electron chi connectivity index (χ4n) is 5.43. The second-order valence-electron chi connectivity index (χ2n) is 9.07. The van der Waals surface area contributed by atoms with Crippen molar-refractivity contribution >= 4 is 11.9 Å². The van der Waals surface area contributed by atoms with Gasteiger partial charge in [0.2, 0.25) is 0 Å². The van der Waals surface area contributed by atoms with Crippen molar-refractivity contribution in [3.05, 3.63) is 0 Å². The van der Waals surface area contributed by atoms with Gasteiger partial charge in [0.15, 0.2) is 0 Å². The molecule has 0 heterocycles. The van der Waals surface area contributed by atoms with Crippen molar-refractivity contribution in [2.24, 2.45) is 29.6 Å². The van der Waals surface area contributed by atoms with E-state index >= 15 is 0 Å². The highest BCUT2D eigenvalue weighted by Crippen LogP contribution is 2.41. The van der Waals surface area contributed by atoms with Gasteiger partial charge < -0.3 is 9.47 Å². The monoisotopic (exact) mass is 364 g/mol. The molecule has 0 unspecified atom stereocenters. The van der Waals surface area contributed by atoms with E-state index in [1.807, 2.05) is 0 Å². The fraction of sp³-hybridized carbons (Fsp3) is 0.909. The summed E-state index contributed by atoms with van der Waals surface area (Å²) in [5.41, 5.74) is 0. The zero-order valence-electron chi connectivity index (χ0n) is 16.6. The molecule has 3 aliphatic carbocycles. The topological polar surface area (TPSA) is 52.6 Å². The van der Waals surface area contributed by atoms with Gasteiger partial charge in [-0.05, 0) is 94.8 Å². The van der Waals surface area contributed by atoms with Crippen LogP contribution in [0.15, 0.2) is 0 Å². The molecule has 0 atom stereocenters. The normalized spacial score (nSPS) is 38.4. The molecule has 3 saturated carbocycles. The summed E-state index contributed by atoms with van der Waals surface area (Å²) in [6, 6.07) is 0. The summed E-state index contributed by atoms with van der Waals surface area (Å²) in [5, 5.41) is 0. The maximum absolute atomic E-state index is 12.4. The Morgan fingerprint density at radius 1 is 0.654 bits per heavy atom. The van der Waals surface area contributed by atoms with E-state index in [1.165, 1.54) is 32.8 Å². The SMILES string of the molecule is COC(=O)C1CCC(C2CCC(OC(=O)C3CCC(C)CC3)CC2)CC1. The first-order valence-electron chi connectivity index (χ1n) is 10.8. The van der Waals surface area contributed by atoms with Crippen LogP contribution in [0.1, 0.15) is 84.0 Å². The Balaban J connectivity index is 1.37. The van der Waals surface area contributed by atoms with E-state index in [-0.39, 0.29) is 29.9 Å². The summed E-state index contributed by atoms with van der Waals surface area (Å²) in [5.74, 6) is 2.56. The minimum Gasteiger partial charge on any atom is -0.469 e. The van der Waals surface area contributed by atoms with Crippen LogP contribution in [-0.4, -0.2) is 25.2 Å². The van der Waals surface area contributed by atoms with Crippen molar-refractivity contribution in [3.8, 4) is 0 Å². The van der Waals surface area contributed by atoms with Crippen LogP contribution < -0.4 is 0 Å². The first-order valence-corrected chi connectivity index (χ1v) is 10.8. The maximum Gasteiger partial charge on any atom is 0.309 e. The largest absolute Gasteiger partial charge is 0.469 e. The highest BCUT2D eigenvalue weighted by atomic mass is 16.5. The van der Waals surface area contributed by atoms with Gasteiger partial charge in [-0.25, -0.2) is 0 Å². The number of ether oxygens (including phenoxy) is 2. The second kappa shape index (κ2) is 9.23. The summed E-state index contributed by atoms with van der Waals surface area (Å²) in [4.78, 5) is 24.1. The zero-order valence-corrected chi connectivity index (χ0v) is 16.6. The van der Waals surface area contributed by atoms with Crippen molar-refractivity contribution in [3.63, 3.8) is 0 Å². The molecule has 3 fully saturated rings. The van der Waals surface area contributed by atoms with E-state index in [0.717, 1.165) is 69.1 Å². The number of rotatable bonds is 4. The quantitative estimate of drug-likeness (QED) is 0.666. The number of carbonyl (C=O) groups excluding carboxylic acids is 2. The van der Waals surface area contributed by atoms with Gasteiger partial charge in [0.25, 0.3) is 0 Å². The van der Waals surface area contributed by atoms with Crippen molar-refractivity contribution in [1.29, 1.82) is 0 Å². The minimum absolute atomic E-state index is 0.0313. The van der Waals surface area contributed by atoms with Gasteiger partial charge in [-0.3, -0.25) is 9.59 Å². The lowest BCUT2D eigenvalue weighted by atomic mass is 9.70. The predicted octanol–water partition coefficient (Wildman–Crippen LogP) is 4.89. The molecule has 148 valence electrons. The van der Waals surface area contributed by atoms with Crippen molar-refractivity contribution in [2.45, 2.75) is 90.1 Å². The molecule has 0 saturated heterocycles. The lowest BCUT2D eigenvalue weighted by Crippen LogP contribution is -2.33. The molecule has 0 N–H and O–H groups in total. The molecule has 0 aromatic rings. The standard InChI is InChI=1S/C22H36O4/c1-15-3-5-19(6-4-15)22(24)26-20-13-11-17(12-14-20)16-7-9-18(10-8-16)21(23)25-2/h15-20H,3-14H2,1-2H3. The molecule has 4 heteroatoms. The van der Waals surface area contributed by atoms with Crippen LogP contribution in [0, 0.1) is 29.6 Å². The van der Waals surface area contributed by atoms with Gasteiger partial charge in [0.1, 0.15) is 6.10 Å². The Morgan fingerprint density at radius 2 is 1.12 bits per heavy atom. The molecule has 3 aliphatic rings. The van der Waals surface area contributed by atoms with Crippen LogP contribution in [0.4, 0.5) is 0 Å². The van der Waals surface area contributed by atoms with Crippen LogP contribution in [0.5, 0.6) is 0 Å². The maximum atomic E-state index is 12.4. The molecule has 0 spiro atoms. The van der Waals surface area contributed by atoms with Gasteiger partial charge in [0.05, 0.1) is 18.9 Å². The molecule has 0 aliphatic heterocycles. The average Bonchev–Trinajstić information content (AvgIpc) is 2.68. The fourth-order valence-corrected chi connectivity index (χ4v) is 5.43. The van der Waals surface area contributed by atoms with Gasteiger partial charge in [-0.2, -0.15) is 0 Å². The molecule has 0 aromatic carbocycles. The van der Waals surface area contributed by atoms with E-state index in [0.29, 0.717) is 0 Å². The van der Waals surface area contributed by atoms with E-state index in [1.54, 1.807) is 0 Å². The molecule has 26 heavy (non-hydrogen) atoms. The van der Waals surface area contributed by atoms with Crippen LogP contribution in [-0.2, 0) is 19.1 Å². The Labute approximate surface area is 158 Å². The van der Waals surface area contributed by atoms with E-state index in [2.05, 4.69) is 6.92 Å². The number of methoxy groups -OCH3 is 1. The van der Waals surface area contributed by atoms with Crippen LogP contribution in [0.2, 0.25) is 0 Å². The van der Waals surface area contributed by atoms with Crippen LogP contribution in [0.3, 0.4) is 0 Å². The Bertz CT molecular complexity index is 465. The Kier molecular flexibility index (Phi) is 6.99. The molecule has 0 radical (unpaired) electrons. The first kappa shape index (κ1) is 19.7. The van der Waals surface area contributed by atoms with Gasteiger partial charge in [-0.15, -0.1) is 0 Å². The third kappa shape index (κ3) is 5.01. The number of esters is 2. The van der Waals surface area contributed by atoms with Crippen LogP contribution in [0.25, 0.3) is 0 Å². The van der Waals surface area contributed by atoms with Crippen molar-refractivity contribution in [2.75, 3.05) is 7.11 Å². The highest BCUT2D eigenvalue weighted by molar-refractivity contribution is 5.73. The summed E-state index contributed by atoms with van der Waals surface area (Å²) >= 11 is 0. The number of hydrogen-bond donors (Lipinski definition) is 0. The predicted molar refractivity (Wildman–Crippen MR) is 100 cm³/mol. The van der Waals surface area contributed by atoms with Gasteiger partial charge in [-0.1, -0.05) is 6.92 Å². The lowest BCUT2D eigenvalue weighted by molar-refractivity contribution is -0.157. The third-order valence-electron chi connectivity index (χ3n) is 7.32. The molecular weight excluding hydrogens is 328 g/mol. The number of hydrogen-bond acceptors (Lipinski definition) is 4. The smallest absolute Gasteiger partial charge is 0.309 e. The van der Waals surface area contributed by atoms with E-state index in [9.17, 15) is 9.59 Å². The molecule has 0 aromatic heterocycles. The highest BCUT2D eigenvalue weighted by Gasteiger charge is 2.35. The third-order valence-corrected chi connectivity index (χ3v) is 7.32. The summed E-state index contributed by atoms with van der Waals surface area (Å²) < 4.78 is 10.8. The minimum atomic E-state index is -0.0313. The van der Waals surface area contributed by atoms with Crippen molar-refractivity contribution in [1.82, 2.24) is 0 Å². The molecule has 0 bridgehead atoms.